The first kappa shape index (κ1) is 15.8. The van der Waals surface area contributed by atoms with E-state index in [4.69, 9.17) is 27.6 Å². The summed E-state index contributed by atoms with van der Waals surface area (Å²) in [4.78, 5) is 13.0. The lowest BCUT2D eigenvalue weighted by atomic mass is 10.2. The average molecular weight is 368 g/mol. The highest BCUT2D eigenvalue weighted by atomic mass is 35.5. The van der Waals surface area contributed by atoms with Gasteiger partial charge in [0.2, 0.25) is 5.89 Å². The zero-order valence-electron chi connectivity index (χ0n) is 12.9. The van der Waals surface area contributed by atoms with Gasteiger partial charge in [-0.05, 0) is 48.0 Å². The third-order valence-electron chi connectivity index (χ3n) is 3.60. The van der Waals surface area contributed by atoms with E-state index in [9.17, 15) is 0 Å². The van der Waals surface area contributed by atoms with E-state index >= 15 is 0 Å². The predicted octanol–water partition coefficient (Wildman–Crippen LogP) is 5.95. The number of pyridine rings is 1. The Morgan fingerprint density at radius 2 is 1.76 bits per heavy atom. The van der Waals surface area contributed by atoms with Crippen LogP contribution in [0.5, 0.6) is 0 Å². The molecule has 0 N–H and O–H groups in total. The maximum absolute atomic E-state index is 6.01. The molecule has 0 amide bonds. The van der Waals surface area contributed by atoms with Crippen LogP contribution in [0.4, 0.5) is 5.69 Å². The van der Waals surface area contributed by atoms with Crippen LogP contribution in [0, 0.1) is 0 Å². The van der Waals surface area contributed by atoms with Gasteiger partial charge in [-0.25, -0.2) is 4.98 Å². The Labute approximate surface area is 153 Å². The van der Waals surface area contributed by atoms with Gasteiger partial charge in [-0.2, -0.15) is 0 Å². The number of halogens is 2. The van der Waals surface area contributed by atoms with Crippen molar-refractivity contribution in [1.29, 1.82) is 0 Å². The van der Waals surface area contributed by atoms with E-state index in [0.29, 0.717) is 21.5 Å². The van der Waals surface area contributed by atoms with Gasteiger partial charge < -0.3 is 4.42 Å². The van der Waals surface area contributed by atoms with Crippen LogP contribution >= 0.6 is 23.2 Å². The average Bonchev–Trinajstić information content (AvgIpc) is 3.07. The SMILES string of the molecule is Clc1ccc(C=Nc2ccc3oc(-c4ccncc4)nc3c2)cc1Cl. The molecule has 4 rings (SSSR count). The van der Waals surface area contributed by atoms with Gasteiger partial charge in [0.15, 0.2) is 5.58 Å². The van der Waals surface area contributed by atoms with Crippen LogP contribution in [0.1, 0.15) is 5.56 Å². The fourth-order valence-electron chi connectivity index (χ4n) is 2.36. The highest BCUT2D eigenvalue weighted by Gasteiger charge is 2.08. The normalized spacial score (nSPS) is 11.4. The third-order valence-corrected chi connectivity index (χ3v) is 4.34. The number of benzene rings is 2. The fraction of sp³-hybridized carbons (Fsp3) is 0. The molecule has 2 aromatic heterocycles. The molecule has 0 saturated heterocycles. The van der Waals surface area contributed by atoms with E-state index in [1.807, 2.05) is 36.4 Å². The second kappa shape index (κ2) is 6.67. The topological polar surface area (TPSA) is 51.3 Å². The molecule has 0 aliphatic carbocycles. The van der Waals surface area contributed by atoms with Crippen molar-refractivity contribution in [2.75, 3.05) is 0 Å². The summed E-state index contributed by atoms with van der Waals surface area (Å²) in [5.74, 6) is 0.558. The molecular formula is C19H11Cl2N3O. The molecule has 0 spiro atoms. The van der Waals surface area contributed by atoms with Crippen molar-refractivity contribution < 1.29 is 4.42 Å². The molecule has 0 aliphatic rings. The Morgan fingerprint density at radius 1 is 0.920 bits per heavy atom. The molecule has 25 heavy (non-hydrogen) atoms. The summed E-state index contributed by atoms with van der Waals surface area (Å²) in [5, 5.41) is 1.02. The monoisotopic (exact) mass is 367 g/mol. The number of nitrogens with zero attached hydrogens (tertiary/aromatic N) is 3. The molecule has 0 fully saturated rings. The third kappa shape index (κ3) is 3.40. The predicted molar refractivity (Wildman–Crippen MR) is 101 cm³/mol. The van der Waals surface area contributed by atoms with Crippen LogP contribution in [0.3, 0.4) is 0 Å². The number of aliphatic imine (C=N–C) groups is 1. The number of fused-ring (bicyclic) bond motifs is 1. The van der Waals surface area contributed by atoms with Crippen molar-refractivity contribution in [3.63, 3.8) is 0 Å². The van der Waals surface area contributed by atoms with Crippen molar-refractivity contribution in [2.24, 2.45) is 4.99 Å². The molecule has 4 aromatic rings. The van der Waals surface area contributed by atoms with Crippen molar-refractivity contribution in [3.05, 3.63) is 76.5 Å². The minimum Gasteiger partial charge on any atom is -0.436 e. The Bertz CT molecular complexity index is 1070. The first-order chi connectivity index (χ1) is 12.2. The number of aromatic nitrogens is 2. The van der Waals surface area contributed by atoms with Crippen molar-refractivity contribution in [1.82, 2.24) is 9.97 Å². The summed E-state index contributed by atoms with van der Waals surface area (Å²) >= 11 is 11.9. The first-order valence-electron chi connectivity index (χ1n) is 7.49. The largest absolute Gasteiger partial charge is 0.436 e. The molecule has 0 atom stereocenters. The minimum atomic E-state index is 0.500. The van der Waals surface area contributed by atoms with Crippen LogP contribution in [0.15, 0.2) is 70.3 Å². The van der Waals surface area contributed by atoms with Gasteiger partial charge in [0.25, 0.3) is 0 Å². The van der Waals surface area contributed by atoms with E-state index in [1.54, 1.807) is 30.7 Å². The standard InChI is InChI=1S/C19H11Cl2N3O/c20-15-3-1-12(9-16(15)21)11-23-14-2-4-18-17(10-14)24-19(25-18)13-5-7-22-8-6-13/h1-11H. The van der Waals surface area contributed by atoms with E-state index in [0.717, 1.165) is 22.3 Å². The van der Waals surface area contributed by atoms with E-state index in [-0.39, 0.29) is 0 Å². The molecule has 0 saturated carbocycles. The molecule has 0 unspecified atom stereocenters. The lowest BCUT2D eigenvalue weighted by molar-refractivity contribution is 0.619. The second-order valence-electron chi connectivity index (χ2n) is 5.34. The van der Waals surface area contributed by atoms with Gasteiger partial charge >= 0.3 is 0 Å². The second-order valence-corrected chi connectivity index (χ2v) is 6.15. The maximum atomic E-state index is 6.01. The van der Waals surface area contributed by atoms with Gasteiger partial charge in [-0.1, -0.05) is 29.3 Å². The lowest BCUT2D eigenvalue weighted by Crippen LogP contribution is -1.81. The van der Waals surface area contributed by atoms with Crippen LogP contribution in [0.2, 0.25) is 10.0 Å². The van der Waals surface area contributed by atoms with Crippen molar-refractivity contribution in [3.8, 4) is 11.5 Å². The molecule has 0 aliphatic heterocycles. The Balaban J connectivity index is 1.64. The Morgan fingerprint density at radius 3 is 2.56 bits per heavy atom. The summed E-state index contributed by atoms with van der Waals surface area (Å²) in [7, 11) is 0. The van der Waals surface area contributed by atoms with Gasteiger partial charge in [0.1, 0.15) is 5.52 Å². The van der Waals surface area contributed by atoms with Crippen molar-refractivity contribution >= 4 is 46.2 Å². The quantitative estimate of drug-likeness (QED) is 0.420. The lowest BCUT2D eigenvalue weighted by Gasteiger charge is -1.97. The summed E-state index contributed by atoms with van der Waals surface area (Å²) < 4.78 is 5.78. The molecule has 4 nitrogen and oxygen atoms in total. The summed E-state index contributed by atoms with van der Waals surface area (Å²) in [6.45, 7) is 0. The molecular weight excluding hydrogens is 357 g/mol. The summed E-state index contributed by atoms with van der Waals surface area (Å²) in [5.41, 5.74) is 3.98. The van der Waals surface area contributed by atoms with Gasteiger partial charge in [-0.15, -0.1) is 0 Å². The van der Waals surface area contributed by atoms with Crippen LogP contribution in [-0.2, 0) is 0 Å². The smallest absolute Gasteiger partial charge is 0.227 e. The summed E-state index contributed by atoms with van der Waals surface area (Å²) in [6, 6.07) is 14.7. The summed E-state index contributed by atoms with van der Waals surface area (Å²) in [6.07, 6.45) is 5.14. The zero-order valence-corrected chi connectivity index (χ0v) is 14.4. The molecule has 0 radical (unpaired) electrons. The number of rotatable bonds is 3. The number of hydrogen-bond donors (Lipinski definition) is 0. The van der Waals surface area contributed by atoms with E-state index < -0.39 is 0 Å². The number of oxazole rings is 1. The highest BCUT2D eigenvalue weighted by Crippen LogP contribution is 2.27. The zero-order chi connectivity index (χ0) is 17.2. The van der Waals surface area contributed by atoms with Crippen LogP contribution in [0.25, 0.3) is 22.6 Å². The Hall–Kier alpha value is -2.69. The Kier molecular flexibility index (Phi) is 4.22. The minimum absolute atomic E-state index is 0.500. The molecule has 2 heterocycles. The number of hydrogen-bond acceptors (Lipinski definition) is 4. The first-order valence-corrected chi connectivity index (χ1v) is 8.25. The highest BCUT2D eigenvalue weighted by molar-refractivity contribution is 6.42. The van der Waals surface area contributed by atoms with Gasteiger partial charge in [-0.3, -0.25) is 9.98 Å². The van der Waals surface area contributed by atoms with Crippen molar-refractivity contribution in [2.45, 2.75) is 0 Å². The maximum Gasteiger partial charge on any atom is 0.227 e. The molecule has 6 heteroatoms. The fourth-order valence-corrected chi connectivity index (χ4v) is 2.66. The molecule has 0 bridgehead atoms. The van der Waals surface area contributed by atoms with E-state index in [2.05, 4.69) is 15.0 Å². The van der Waals surface area contributed by atoms with Gasteiger partial charge in [0.05, 0.1) is 15.7 Å². The molecule has 2 aromatic carbocycles. The van der Waals surface area contributed by atoms with Gasteiger partial charge in [0, 0.05) is 24.2 Å². The van der Waals surface area contributed by atoms with Crippen LogP contribution < -0.4 is 0 Å². The van der Waals surface area contributed by atoms with E-state index in [1.165, 1.54) is 0 Å². The molecule has 122 valence electrons. The van der Waals surface area contributed by atoms with Crippen LogP contribution in [-0.4, -0.2) is 16.2 Å².